The standard InChI is InChI=1S/C14H18ClNO/c1-16-10-12-13(15)8-5-9-14(12)17-11-6-3-2-4-7-11/h3,5-6,8-9,11,16H,2,4,7,10H2,1H3. The fraction of sp³-hybridized carbons (Fsp3) is 0.429. The van der Waals surface area contributed by atoms with Gasteiger partial charge in [-0.3, -0.25) is 0 Å². The lowest BCUT2D eigenvalue weighted by Gasteiger charge is -2.21. The molecule has 0 bridgehead atoms. The van der Waals surface area contributed by atoms with Gasteiger partial charge in [-0.1, -0.05) is 23.7 Å². The first-order chi connectivity index (χ1) is 8.31. The fourth-order valence-corrected chi connectivity index (χ4v) is 2.27. The summed E-state index contributed by atoms with van der Waals surface area (Å²) in [4.78, 5) is 0. The number of halogens is 1. The second-order valence-electron chi connectivity index (χ2n) is 4.26. The number of hydrogen-bond acceptors (Lipinski definition) is 2. The topological polar surface area (TPSA) is 21.3 Å². The summed E-state index contributed by atoms with van der Waals surface area (Å²) in [5.41, 5.74) is 1.04. The van der Waals surface area contributed by atoms with Crippen molar-refractivity contribution in [3.63, 3.8) is 0 Å². The molecule has 0 saturated carbocycles. The van der Waals surface area contributed by atoms with Gasteiger partial charge in [0.15, 0.2) is 0 Å². The Hall–Kier alpha value is -0.990. The predicted molar refractivity (Wildman–Crippen MR) is 71.6 cm³/mol. The Morgan fingerprint density at radius 1 is 1.47 bits per heavy atom. The average Bonchev–Trinajstić information content (AvgIpc) is 2.35. The van der Waals surface area contributed by atoms with Gasteiger partial charge in [-0.25, -0.2) is 0 Å². The van der Waals surface area contributed by atoms with Crippen molar-refractivity contribution in [2.45, 2.75) is 31.9 Å². The first-order valence-electron chi connectivity index (χ1n) is 6.06. The molecule has 2 rings (SSSR count). The van der Waals surface area contributed by atoms with E-state index in [2.05, 4.69) is 17.5 Å². The van der Waals surface area contributed by atoms with Crippen LogP contribution in [-0.4, -0.2) is 13.2 Å². The minimum atomic E-state index is 0.192. The van der Waals surface area contributed by atoms with Gasteiger partial charge in [-0.15, -0.1) is 0 Å². The van der Waals surface area contributed by atoms with Gasteiger partial charge in [0.1, 0.15) is 11.9 Å². The van der Waals surface area contributed by atoms with E-state index in [4.69, 9.17) is 16.3 Å². The highest BCUT2D eigenvalue weighted by Gasteiger charge is 2.13. The summed E-state index contributed by atoms with van der Waals surface area (Å²) in [5, 5.41) is 3.88. The van der Waals surface area contributed by atoms with Crippen LogP contribution in [0.25, 0.3) is 0 Å². The summed E-state index contributed by atoms with van der Waals surface area (Å²) in [6, 6.07) is 5.82. The summed E-state index contributed by atoms with van der Waals surface area (Å²) in [7, 11) is 1.91. The van der Waals surface area contributed by atoms with Gasteiger partial charge in [-0.2, -0.15) is 0 Å². The number of nitrogens with one attached hydrogen (secondary N) is 1. The smallest absolute Gasteiger partial charge is 0.126 e. The first kappa shape index (κ1) is 12.5. The van der Waals surface area contributed by atoms with Gasteiger partial charge in [0.25, 0.3) is 0 Å². The molecule has 0 heterocycles. The Kier molecular flexibility index (Phi) is 4.46. The monoisotopic (exact) mass is 251 g/mol. The van der Waals surface area contributed by atoms with E-state index in [1.54, 1.807) is 0 Å². The second kappa shape index (κ2) is 6.08. The molecule has 3 heteroatoms. The lowest BCUT2D eigenvalue weighted by molar-refractivity contribution is 0.227. The van der Waals surface area contributed by atoms with Gasteiger partial charge in [-0.05, 0) is 44.5 Å². The van der Waals surface area contributed by atoms with Crippen LogP contribution in [0.1, 0.15) is 24.8 Å². The van der Waals surface area contributed by atoms with Crippen LogP contribution < -0.4 is 10.1 Å². The molecule has 1 aliphatic carbocycles. The van der Waals surface area contributed by atoms with Gasteiger partial charge < -0.3 is 10.1 Å². The van der Waals surface area contributed by atoms with Crippen LogP contribution in [0.2, 0.25) is 5.02 Å². The molecule has 1 unspecified atom stereocenters. The van der Waals surface area contributed by atoms with Crippen molar-refractivity contribution < 1.29 is 4.74 Å². The summed E-state index contributed by atoms with van der Waals surface area (Å²) in [6.07, 6.45) is 7.98. The molecular weight excluding hydrogens is 234 g/mol. The third-order valence-electron chi connectivity index (χ3n) is 2.92. The molecule has 0 radical (unpaired) electrons. The van der Waals surface area contributed by atoms with Crippen molar-refractivity contribution in [1.82, 2.24) is 5.32 Å². The van der Waals surface area contributed by atoms with Crippen LogP contribution in [0.3, 0.4) is 0 Å². The van der Waals surface area contributed by atoms with E-state index in [0.717, 1.165) is 29.3 Å². The van der Waals surface area contributed by atoms with Crippen molar-refractivity contribution in [2.75, 3.05) is 7.05 Å². The van der Waals surface area contributed by atoms with Crippen molar-refractivity contribution >= 4 is 11.6 Å². The molecule has 0 saturated heterocycles. The van der Waals surface area contributed by atoms with Crippen LogP contribution in [0.4, 0.5) is 0 Å². The number of benzene rings is 1. The zero-order valence-corrected chi connectivity index (χ0v) is 10.8. The Balaban J connectivity index is 2.16. The Morgan fingerprint density at radius 2 is 2.35 bits per heavy atom. The zero-order valence-electron chi connectivity index (χ0n) is 10.1. The van der Waals surface area contributed by atoms with E-state index >= 15 is 0 Å². The first-order valence-corrected chi connectivity index (χ1v) is 6.44. The number of ether oxygens (including phenoxy) is 1. The number of hydrogen-bond donors (Lipinski definition) is 1. The molecule has 2 nitrogen and oxygen atoms in total. The Morgan fingerprint density at radius 3 is 3.06 bits per heavy atom. The van der Waals surface area contributed by atoms with Crippen LogP contribution >= 0.6 is 11.6 Å². The fourth-order valence-electron chi connectivity index (χ4n) is 2.04. The van der Waals surface area contributed by atoms with Gasteiger partial charge in [0, 0.05) is 17.1 Å². The van der Waals surface area contributed by atoms with Crippen LogP contribution in [-0.2, 0) is 6.54 Å². The Bertz CT molecular complexity index is 403. The molecule has 92 valence electrons. The summed E-state index contributed by atoms with van der Waals surface area (Å²) in [5.74, 6) is 0.892. The van der Waals surface area contributed by atoms with Crippen LogP contribution in [0, 0.1) is 0 Å². The maximum Gasteiger partial charge on any atom is 0.126 e. The third-order valence-corrected chi connectivity index (χ3v) is 3.27. The largest absolute Gasteiger partial charge is 0.486 e. The molecule has 0 aromatic heterocycles. The van der Waals surface area contributed by atoms with Crippen molar-refractivity contribution in [3.8, 4) is 5.75 Å². The average molecular weight is 252 g/mol. The molecule has 0 spiro atoms. The summed E-state index contributed by atoms with van der Waals surface area (Å²) >= 11 is 6.19. The summed E-state index contributed by atoms with van der Waals surface area (Å²) < 4.78 is 6.01. The second-order valence-corrected chi connectivity index (χ2v) is 4.67. The van der Waals surface area contributed by atoms with Gasteiger partial charge in [0.2, 0.25) is 0 Å². The predicted octanol–water partition coefficient (Wildman–Crippen LogP) is 3.55. The van der Waals surface area contributed by atoms with Crippen LogP contribution in [0.15, 0.2) is 30.4 Å². The van der Waals surface area contributed by atoms with Crippen molar-refractivity contribution in [3.05, 3.63) is 40.9 Å². The molecule has 1 aromatic rings. The molecule has 17 heavy (non-hydrogen) atoms. The molecule has 0 fully saturated rings. The molecule has 1 aliphatic rings. The van der Waals surface area contributed by atoms with E-state index in [9.17, 15) is 0 Å². The van der Waals surface area contributed by atoms with Crippen molar-refractivity contribution in [2.24, 2.45) is 0 Å². The van der Waals surface area contributed by atoms with Gasteiger partial charge >= 0.3 is 0 Å². The maximum absolute atomic E-state index is 6.19. The highest BCUT2D eigenvalue weighted by molar-refractivity contribution is 6.31. The molecule has 1 atom stereocenters. The lowest BCUT2D eigenvalue weighted by atomic mass is 10.1. The zero-order chi connectivity index (χ0) is 12.1. The van der Waals surface area contributed by atoms with E-state index < -0.39 is 0 Å². The quantitative estimate of drug-likeness (QED) is 0.827. The maximum atomic E-state index is 6.19. The van der Waals surface area contributed by atoms with E-state index in [-0.39, 0.29) is 6.10 Å². The molecule has 0 amide bonds. The van der Waals surface area contributed by atoms with E-state index in [1.165, 1.54) is 12.8 Å². The van der Waals surface area contributed by atoms with Gasteiger partial charge in [0.05, 0.1) is 0 Å². The minimum Gasteiger partial charge on any atom is -0.486 e. The Labute approximate surface area is 108 Å². The normalized spacial score (nSPS) is 19.3. The molecule has 0 aliphatic heterocycles. The molecular formula is C14H18ClNO. The number of allylic oxidation sites excluding steroid dienone is 1. The molecule has 1 N–H and O–H groups in total. The lowest BCUT2D eigenvalue weighted by Crippen LogP contribution is -2.17. The minimum absolute atomic E-state index is 0.192. The highest BCUT2D eigenvalue weighted by atomic mass is 35.5. The van der Waals surface area contributed by atoms with Crippen molar-refractivity contribution in [1.29, 1.82) is 0 Å². The summed E-state index contributed by atoms with van der Waals surface area (Å²) in [6.45, 7) is 0.728. The van der Waals surface area contributed by atoms with E-state index in [1.807, 2.05) is 25.2 Å². The number of rotatable bonds is 4. The SMILES string of the molecule is CNCc1c(Cl)cccc1OC1C=CCCC1. The highest BCUT2D eigenvalue weighted by Crippen LogP contribution is 2.28. The third kappa shape index (κ3) is 3.24. The van der Waals surface area contributed by atoms with Crippen LogP contribution in [0.5, 0.6) is 5.75 Å². The molecule has 1 aromatic carbocycles. The van der Waals surface area contributed by atoms with E-state index in [0.29, 0.717) is 0 Å².